The topological polar surface area (TPSA) is 12.0 Å². The summed E-state index contributed by atoms with van der Waals surface area (Å²) in [6, 6.07) is 4.01. The van der Waals surface area contributed by atoms with Crippen LogP contribution in [0, 0.1) is 17.6 Å². The second kappa shape index (κ2) is 6.28. The van der Waals surface area contributed by atoms with Gasteiger partial charge in [0.1, 0.15) is 11.6 Å². The molecule has 3 heteroatoms. The smallest absolute Gasteiger partial charge is 0.129 e. The Morgan fingerprint density at radius 1 is 1.22 bits per heavy atom. The SMILES string of the molecule is CCNCC1CCCCC1c1ccc(F)cc1F. The molecular weight excluding hydrogens is 232 g/mol. The molecule has 0 spiro atoms. The van der Waals surface area contributed by atoms with Gasteiger partial charge in [-0.2, -0.15) is 0 Å². The van der Waals surface area contributed by atoms with Crippen molar-refractivity contribution in [1.82, 2.24) is 5.32 Å². The van der Waals surface area contributed by atoms with Crippen molar-refractivity contribution < 1.29 is 8.78 Å². The van der Waals surface area contributed by atoms with Gasteiger partial charge in [-0.05, 0) is 49.4 Å². The summed E-state index contributed by atoms with van der Waals surface area (Å²) in [5, 5.41) is 3.35. The van der Waals surface area contributed by atoms with Gasteiger partial charge in [0.2, 0.25) is 0 Å². The van der Waals surface area contributed by atoms with Crippen molar-refractivity contribution in [3.05, 3.63) is 35.4 Å². The lowest BCUT2D eigenvalue weighted by molar-refractivity contribution is 0.291. The van der Waals surface area contributed by atoms with Gasteiger partial charge in [-0.25, -0.2) is 8.78 Å². The van der Waals surface area contributed by atoms with Crippen molar-refractivity contribution in [1.29, 1.82) is 0 Å². The van der Waals surface area contributed by atoms with Crippen molar-refractivity contribution in [2.24, 2.45) is 5.92 Å². The van der Waals surface area contributed by atoms with Crippen LogP contribution >= 0.6 is 0 Å². The highest BCUT2D eigenvalue weighted by molar-refractivity contribution is 5.24. The van der Waals surface area contributed by atoms with Crippen molar-refractivity contribution in [2.45, 2.75) is 38.5 Å². The second-order valence-corrected chi connectivity index (χ2v) is 5.12. The molecule has 18 heavy (non-hydrogen) atoms. The summed E-state index contributed by atoms with van der Waals surface area (Å²) in [7, 11) is 0. The maximum Gasteiger partial charge on any atom is 0.129 e. The Bertz CT molecular complexity index is 392. The molecule has 0 saturated heterocycles. The first-order chi connectivity index (χ1) is 8.72. The molecule has 100 valence electrons. The third-order valence-electron chi connectivity index (χ3n) is 3.93. The Kier molecular flexibility index (Phi) is 4.70. The van der Waals surface area contributed by atoms with Crippen LogP contribution in [0.15, 0.2) is 18.2 Å². The summed E-state index contributed by atoms with van der Waals surface area (Å²) in [5.74, 6) is -0.171. The predicted octanol–water partition coefficient (Wildman–Crippen LogP) is 3.85. The molecule has 1 aliphatic rings. The zero-order valence-corrected chi connectivity index (χ0v) is 10.9. The van der Waals surface area contributed by atoms with E-state index in [4.69, 9.17) is 0 Å². The van der Waals surface area contributed by atoms with Crippen LogP contribution in [-0.2, 0) is 0 Å². The van der Waals surface area contributed by atoms with Gasteiger partial charge in [-0.1, -0.05) is 25.8 Å². The molecule has 2 atom stereocenters. The molecule has 0 aromatic heterocycles. The van der Waals surface area contributed by atoms with Gasteiger partial charge in [-0.15, -0.1) is 0 Å². The molecule has 0 heterocycles. The summed E-state index contributed by atoms with van der Waals surface area (Å²) in [5.41, 5.74) is 0.694. The summed E-state index contributed by atoms with van der Waals surface area (Å²) < 4.78 is 26.8. The largest absolute Gasteiger partial charge is 0.317 e. The number of nitrogens with one attached hydrogen (secondary N) is 1. The molecule has 0 radical (unpaired) electrons. The molecule has 1 nitrogen and oxygen atoms in total. The van der Waals surface area contributed by atoms with E-state index in [0.29, 0.717) is 11.5 Å². The van der Waals surface area contributed by atoms with E-state index in [1.807, 2.05) is 0 Å². The van der Waals surface area contributed by atoms with E-state index in [2.05, 4.69) is 12.2 Å². The molecule has 0 amide bonds. The maximum absolute atomic E-state index is 13.9. The summed E-state index contributed by atoms with van der Waals surface area (Å²) >= 11 is 0. The number of hydrogen-bond donors (Lipinski definition) is 1. The number of hydrogen-bond acceptors (Lipinski definition) is 1. The molecule has 0 bridgehead atoms. The monoisotopic (exact) mass is 253 g/mol. The molecule has 0 aliphatic heterocycles. The predicted molar refractivity (Wildman–Crippen MR) is 69.6 cm³/mol. The fourth-order valence-electron chi connectivity index (χ4n) is 2.99. The Labute approximate surface area is 108 Å². The van der Waals surface area contributed by atoms with E-state index >= 15 is 0 Å². The number of halogens is 2. The molecule has 1 aliphatic carbocycles. The Morgan fingerprint density at radius 3 is 2.72 bits per heavy atom. The van der Waals surface area contributed by atoms with Crippen LogP contribution in [0.1, 0.15) is 44.1 Å². The fourth-order valence-corrected chi connectivity index (χ4v) is 2.99. The lowest BCUT2D eigenvalue weighted by atomic mass is 9.75. The van der Waals surface area contributed by atoms with Crippen LogP contribution in [0.3, 0.4) is 0 Å². The first-order valence-electron chi connectivity index (χ1n) is 6.88. The molecule has 2 unspecified atom stereocenters. The van der Waals surface area contributed by atoms with Crippen molar-refractivity contribution in [2.75, 3.05) is 13.1 Å². The second-order valence-electron chi connectivity index (χ2n) is 5.12. The minimum Gasteiger partial charge on any atom is -0.317 e. The van der Waals surface area contributed by atoms with Gasteiger partial charge in [0.25, 0.3) is 0 Å². The number of rotatable bonds is 4. The van der Waals surface area contributed by atoms with E-state index in [-0.39, 0.29) is 11.7 Å². The zero-order chi connectivity index (χ0) is 13.0. The van der Waals surface area contributed by atoms with Crippen LogP contribution in [0.5, 0.6) is 0 Å². The van der Waals surface area contributed by atoms with E-state index in [1.54, 1.807) is 6.07 Å². The number of benzene rings is 1. The Morgan fingerprint density at radius 2 is 2.00 bits per heavy atom. The molecule has 1 aromatic carbocycles. The first-order valence-corrected chi connectivity index (χ1v) is 6.88. The fraction of sp³-hybridized carbons (Fsp3) is 0.600. The third kappa shape index (κ3) is 3.08. The normalized spacial score (nSPS) is 24.2. The highest BCUT2D eigenvalue weighted by Gasteiger charge is 2.28. The van der Waals surface area contributed by atoms with Crippen LogP contribution in [0.25, 0.3) is 0 Å². The average molecular weight is 253 g/mol. The quantitative estimate of drug-likeness (QED) is 0.859. The van der Waals surface area contributed by atoms with Gasteiger partial charge in [-0.3, -0.25) is 0 Å². The third-order valence-corrected chi connectivity index (χ3v) is 3.93. The van der Waals surface area contributed by atoms with E-state index in [1.165, 1.54) is 12.5 Å². The van der Waals surface area contributed by atoms with Gasteiger partial charge in [0.15, 0.2) is 0 Å². The van der Waals surface area contributed by atoms with Crippen LogP contribution in [-0.4, -0.2) is 13.1 Å². The minimum absolute atomic E-state index is 0.235. The van der Waals surface area contributed by atoms with E-state index in [0.717, 1.165) is 38.4 Å². The van der Waals surface area contributed by atoms with E-state index < -0.39 is 5.82 Å². The summed E-state index contributed by atoms with van der Waals surface area (Å²) in [4.78, 5) is 0. The van der Waals surface area contributed by atoms with Crippen molar-refractivity contribution in [3.63, 3.8) is 0 Å². The average Bonchev–Trinajstić information content (AvgIpc) is 2.37. The Hall–Kier alpha value is -0.960. The van der Waals surface area contributed by atoms with Crippen LogP contribution < -0.4 is 5.32 Å². The zero-order valence-electron chi connectivity index (χ0n) is 10.9. The summed E-state index contributed by atoms with van der Waals surface area (Å²) in [6.07, 6.45) is 4.51. The lowest BCUT2D eigenvalue weighted by Gasteiger charge is -2.32. The molecule has 1 saturated carbocycles. The molecule has 1 fully saturated rings. The molecule has 1 N–H and O–H groups in total. The molecule has 1 aromatic rings. The molecular formula is C15H21F2N. The van der Waals surface area contributed by atoms with Gasteiger partial charge in [0, 0.05) is 6.07 Å². The molecule has 2 rings (SSSR count). The summed E-state index contributed by atoms with van der Waals surface area (Å²) in [6.45, 7) is 3.95. The lowest BCUT2D eigenvalue weighted by Crippen LogP contribution is -2.29. The standard InChI is InChI=1S/C15H21F2N/c1-2-18-10-11-5-3-4-6-13(11)14-8-7-12(16)9-15(14)17/h7-9,11,13,18H,2-6,10H2,1H3. The van der Waals surface area contributed by atoms with Gasteiger partial charge < -0.3 is 5.32 Å². The van der Waals surface area contributed by atoms with Crippen LogP contribution in [0.4, 0.5) is 8.78 Å². The van der Waals surface area contributed by atoms with E-state index in [9.17, 15) is 8.78 Å². The van der Waals surface area contributed by atoms with Crippen LogP contribution in [0.2, 0.25) is 0 Å². The highest BCUT2D eigenvalue weighted by atomic mass is 19.1. The van der Waals surface area contributed by atoms with Crippen molar-refractivity contribution in [3.8, 4) is 0 Å². The van der Waals surface area contributed by atoms with Crippen molar-refractivity contribution >= 4 is 0 Å². The van der Waals surface area contributed by atoms with Gasteiger partial charge >= 0.3 is 0 Å². The maximum atomic E-state index is 13.9. The van der Waals surface area contributed by atoms with Gasteiger partial charge in [0.05, 0.1) is 0 Å². The Balaban J connectivity index is 2.16. The highest BCUT2D eigenvalue weighted by Crippen LogP contribution is 2.38. The first kappa shape index (κ1) is 13.5. The minimum atomic E-state index is -0.490.